The lowest BCUT2D eigenvalue weighted by molar-refractivity contribution is 0.0927. The summed E-state index contributed by atoms with van der Waals surface area (Å²) in [5.41, 5.74) is 2.28. The molecule has 0 bridgehead atoms. The normalized spacial score (nSPS) is 10.5. The van der Waals surface area contributed by atoms with E-state index in [4.69, 9.17) is 4.42 Å². The van der Waals surface area contributed by atoms with Crippen molar-refractivity contribution >= 4 is 5.91 Å². The Balaban J connectivity index is 1.66. The number of hydrogen-bond acceptors (Lipinski definition) is 3. The highest BCUT2D eigenvalue weighted by molar-refractivity contribution is 5.98. The number of pyridine rings is 1. The molecule has 1 N–H and O–H groups in total. The van der Waals surface area contributed by atoms with Crippen molar-refractivity contribution < 1.29 is 13.6 Å². The molecule has 3 aromatic rings. The van der Waals surface area contributed by atoms with Gasteiger partial charge in [-0.25, -0.2) is 4.39 Å². The van der Waals surface area contributed by atoms with Crippen LogP contribution in [0.3, 0.4) is 0 Å². The molecule has 0 aliphatic rings. The van der Waals surface area contributed by atoms with E-state index in [0.717, 1.165) is 11.3 Å². The molecule has 0 atom stereocenters. The molecule has 0 radical (unpaired) electrons. The number of nitrogens with one attached hydrogen (secondary N) is 1. The Morgan fingerprint density at radius 1 is 1.13 bits per heavy atom. The van der Waals surface area contributed by atoms with Crippen molar-refractivity contribution in [3.63, 3.8) is 0 Å². The number of amides is 1. The predicted octanol–water partition coefficient (Wildman–Crippen LogP) is 3.45. The second kappa shape index (κ2) is 6.87. The maximum absolute atomic E-state index is 13.0. The van der Waals surface area contributed by atoms with Crippen molar-refractivity contribution in [1.82, 2.24) is 10.3 Å². The second-order valence-electron chi connectivity index (χ2n) is 5.00. The maximum Gasteiger partial charge on any atom is 0.287 e. The number of carbonyl (C=O) groups excluding carboxylic acids is 1. The third kappa shape index (κ3) is 3.63. The van der Waals surface area contributed by atoms with Gasteiger partial charge in [0.15, 0.2) is 5.76 Å². The van der Waals surface area contributed by atoms with Gasteiger partial charge in [0.1, 0.15) is 5.82 Å². The summed E-state index contributed by atoms with van der Waals surface area (Å²) in [6, 6.07) is 13.3. The quantitative estimate of drug-likeness (QED) is 0.785. The summed E-state index contributed by atoms with van der Waals surface area (Å²) in [4.78, 5) is 16.5. The van der Waals surface area contributed by atoms with Gasteiger partial charge in [-0.1, -0.05) is 18.2 Å². The monoisotopic (exact) mass is 310 g/mol. The van der Waals surface area contributed by atoms with Gasteiger partial charge < -0.3 is 9.73 Å². The largest absolute Gasteiger partial charge is 0.459 e. The van der Waals surface area contributed by atoms with Gasteiger partial charge in [-0.3, -0.25) is 9.78 Å². The third-order valence-electron chi connectivity index (χ3n) is 3.42. The molecule has 0 aliphatic heterocycles. The van der Waals surface area contributed by atoms with Gasteiger partial charge in [-0.15, -0.1) is 0 Å². The van der Waals surface area contributed by atoms with Crippen LogP contribution in [0.5, 0.6) is 0 Å². The lowest BCUT2D eigenvalue weighted by atomic mass is 10.1. The lowest BCUT2D eigenvalue weighted by Crippen LogP contribution is -2.25. The standard InChI is InChI=1S/C18H15FN2O2/c19-14-6-4-13(5-7-14)16-9-12-23-17(16)18(22)21-11-8-15-3-1-2-10-20-15/h1-7,9-10,12H,8,11H2,(H,21,22). The molecular formula is C18H15FN2O2. The van der Waals surface area contributed by atoms with Gasteiger partial charge in [-0.05, 0) is 35.9 Å². The van der Waals surface area contributed by atoms with Crippen molar-refractivity contribution in [3.05, 3.63) is 78.3 Å². The van der Waals surface area contributed by atoms with Crippen LogP contribution in [0.2, 0.25) is 0 Å². The van der Waals surface area contributed by atoms with E-state index in [1.165, 1.54) is 18.4 Å². The molecule has 1 aromatic carbocycles. The van der Waals surface area contributed by atoms with E-state index in [9.17, 15) is 9.18 Å². The molecule has 0 saturated heterocycles. The number of nitrogens with zero attached hydrogens (tertiary/aromatic N) is 1. The summed E-state index contributed by atoms with van der Waals surface area (Å²) < 4.78 is 18.3. The first-order chi connectivity index (χ1) is 11.2. The lowest BCUT2D eigenvalue weighted by Gasteiger charge is -2.05. The van der Waals surface area contributed by atoms with E-state index in [-0.39, 0.29) is 17.5 Å². The van der Waals surface area contributed by atoms with Crippen molar-refractivity contribution in [1.29, 1.82) is 0 Å². The third-order valence-corrected chi connectivity index (χ3v) is 3.42. The fraction of sp³-hybridized carbons (Fsp3) is 0.111. The van der Waals surface area contributed by atoms with Gasteiger partial charge >= 0.3 is 0 Å². The highest BCUT2D eigenvalue weighted by Gasteiger charge is 2.16. The van der Waals surface area contributed by atoms with Crippen LogP contribution in [0.25, 0.3) is 11.1 Å². The molecule has 5 heteroatoms. The van der Waals surface area contributed by atoms with E-state index >= 15 is 0 Å². The van der Waals surface area contributed by atoms with Crippen molar-refractivity contribution in [3.8, 4) is 11.1 Å². The van der Waals surface area contributed by atoms with Crippen LogP contribution in [0, 0.1) is 5.82 Å². The molecule has 0 unspecified atom stereocenters. The van der Waals surface area contributed by atoms with Gasteiger partial charge in [0, 0.05) is 30.4 Å². The molecule has 3 rings (SSSR count). The Kier molecular flexibility index (Phi) is 4.47. The summed E-state index contributed by atoms with van der Waals surface area (Å²) in [6.45, 7) is 0.458. The average molecular weight is 310 g/mol. The van der Waals surface area contributed by atoms with Gasteiger partial charge in [0.05, 0.1) is 6.26 Å². The number of hydrogen-bond donors (Lipinski definition) is 1. The zero-order chi connectivity index (χ0) is 16.1. The predicted molar refractivity (Wildman–Crippen MR) is 84.4 cm³/mol. The first-order valence-electron chi connectivity index (χ1n) is 7.25. The zero-order valence-corrected chi connectivity index (χ0v) is 12.3. The van der Waals surface area contributed by atoms with E-state index in [1.807, 2.05) is 18.2 Å². The SMILES string of the molecule is O=C(NCCc1ccccn1)c1occc1-c1ccc(F)cc1. The highest BCUT2D eigenvalue weighted by atomic mass is 19.1. The van der Waals surface area contributed by atoms with Crippen LogP contribution in [0.4, 0.5) is 4.39 Å². The van der Waals surface area contributed by atoms with Gasteiger partial charge in [-0.2, -0.15) is 0 Å². The minimum atomic E-state index is -0.321. The molecular weight excluding hydrogens is 295 g/mol. The number of halogens is 1. The minimum Gasteiger partial charge on any atom is -0.459 e. The summed E-state index contributed by atoms with van der Waals surface area (Å²) >= 11 is 0. The second-order valence-corrected chi connectivity index (χ2v) is 5.00. The summed E-state index contributed by atoms with van der Waals surface area (Å²) in [6.07, 6.45) is 3.81. The van der Waals surface area contributed by atoms with Crippen LogP contribution >= 0.6 is 0 Å². The van der Waals surface area contributed by atoms with Crippen molar-refractivity contribution in [2.75, 3.05) is 6.54 Å². The fourth-order valence-electron chi connectivity index (χ4n) is 2.27. The summed E-state index contributed by atoms with van der Waals surface area (Å²) in [5.74, 6) is -0.401. The van der Waals surface area contributed by atoms with Crippen LogP contribution in [-0.2, 0) is 6.42 Å². The maximum atomic E-state index is 13.0. The number of carbonyl (C=O) groups is 1. The van der Waals surface area contributed by atoms with E-state index in [0.29, 0.717) is 18.5 Å². The number of rotatable bonds is 5. The molecule has 23 heavy (non-hydrogen) atoms. The van der Waals surface area contributed by atoms with Gasteiger partial charge in [0.25, 0.3) is 5.91 Å². The van der Waals surface area contributed by atoms with Crippen LogP contribution in [0.15, 0.2) is 65.4 Å². The molecule has 0 aliphatic carbocycles. The molecule has 0 saturated carbocycles. The molecule has 0 spiro atoms. The molecule has 2 aromatic heterocycles. The average Bonchev–Trinajstić information content (AvgIpc) is 3.06. The highest BCUT2D eigenvalue weighted by Crippen LogP contribution is 2.25. The van der Waals surface area contributed by atoms with Crippen LogP contribution < -0.4 is 5.32 Å². The Labute approximate surface area is 133 Å². The molecule has 2 heterocycles. The van der Waals surface area contributed by atoms with E-state index in [2.05, 4.69) is 10.3 Å². The Hall–Kier alpha value is -2.95. The summed E-state index contributed by atoms with van der Waals surface area (Å²) in [7, 11) is 0. The molecule has 116 valence electrons. The van der Waals surface area contributed by atoms with Crippen LogP contribution in [0.1, 0.15) is 16.2 Å². The zero-order valence-electron chi connectivity index (χ0n) is 12.3. The molecule has 1 amide bonds. The van der Waals surface area contributed by atoms with Crippen molar-refractivity contribution in [2.24, 2.45) is 0 Å². The first kappa shape index (κ1) is 15.0. The Morgan fingerprint density at radius 3 is 2.70 bits per heavy atom. The van der Waals surface area contributed by atoms with Gasteiger partial charge in [0.2, 0.25) is 0 Å². The van der Waals surface area contributed by atoms with Crippen LogP contribution in [-0.4, -0.2) is 17.4 Å². The Bertz CT molecular complexity index is 782. The van der Waals surface area contributed by atoms with Crippen molar-refractivity contribution in [2.45, 2.75) is 6.42 Å². The van der Waals surface area contributed by atoms with E-state index < -0.39 is 0 Å². The molecule has 0 fully saturated rings. The fourth-order valence-corrected chi connectivity index (χ4v) is 2.27. The minimum absolute atomic E-state index is 0.220. The smallest absolute Gasteiger partial charge is 0.287 e. The molecule has 4 nitrogen and oxygen atoms in total. The summed E-state index contributed by atoms with van der Waals surface area (Å²) in [5, 5.41) is 2.81. The first-order valence-corrected chi connectivity index (χ1v) is 7.25. The number of benzene rings is 1. The number of furan rings is 1. The topological polar surface area (TPSA) is 55.1 Å². The Morgan fingerprint density at radius 2 is 1.96 bits per heavy atom. The number of aromatic nitrogens is 1. The van der Waals surface area contributed by atoms with E-state index in [1.54, 1.807) is 24.4 Å².